The van der Waals surface area contributed by atoms with E-state index < -0.39 is 0 Å². The minimum atomic E-state index is -0.165. The highest BCUT2D eigenvalue weighted by atomic mass is 32.2. The lowest BCUT2D eigenvalue weighted by molar-refractivity contribution is -0.117. The van der Waals surface area contributed by atoms with E-state index in [1.807, 2.05) is 12.2 Å². The molecule has 0 atom stereocenters. The topological polar surface area (TPSA) is 84.5 Å². The number of carbonyl (C=O) groups excluding carboxylic acids is 1. The third-order valence-electron chi connectivity index (χ3n) is 4.32. The molecule has 0 radical (unpaired) electrons. The average Bonchev–Trinajstić information content (AvgIpc) is 2.97. The number of allylic oxidation sites excluding steroid dienone is 12. The molecule has 31 heavy (non-hydrogen) atoms. The molecule has 160 valence electrons. The molecule has 1 aromatic heterocycles. The van der Waals surface area contributed by atoms with Gasteiger partial charge in [-0.25, -0.2) is 0 Å². The first kappa shape index (κ1) is 22.4. The normalized spacial score (nSPS) is 16.3. The minimum Gasteiger partial charge on any atom is -0.312 e. The van der Waals surface area contributed by atoms with Gasteiger partial charge in [-0.1, -0.05) is 72.5 Å². The quantitative estimate of drug-likeness (QED) is 0.301. The number of amidine groups is 1. The zero-order valence-electron chi connectivity index (χ0n) is 17.7. The molecule has 0 spiro atoms. The monoisotopic (exact) mass is 434 g/mol. The van der Waals surface area contributed by atoms with Crippen molar-refractivity contribution in [2.45, 2.75) is 38.4 Å². The van der Waals surface area contributed by atoms with Crippen molar-refractivity contribution < 1.29 is 4.79 Å². The smallest absolute Gasteiger partial charge is 0.235 e. The lowest BCUT2D eigenvalue weighted by Gasteiger charge is -2.11. The fourth-order valence-electron chi connectivity index (χ4n) is 2.93. The van der Waals surface area contributed by atoms with E-state index in [0.29, 0.717) is 17.5 Å². The summed E-state index contributed by atoms with van der Waals surface area (Å²) in [6, 6.07) is 0. The Labute approximate surface area is 186 Å². The summed E-state index contributed by atoms with van der Waals surface area (Å²) in [5.74, 6) is 1.27. The number of nitrogens with one attached hydrogen (secondary N) is 1. The Bertz CT molecular complexity index is 1040. The van der Waals surface area contributed by atoms with Gasteiger partial charge in [0.25, 0.3) is 0 Å². The molecule has 0 unspecified atom stereocenters. The van der Waals surface area contributed by atoms with Crippen LogP contribution < -0.4 is 5.32 Å². The van der Waals surface area contributed by atoms with Crippen molar-refractivity contribution in [1.82, 2.24) is 20.1 Å². The van der Waals surface area contributed by atoms with Crippen LogP contribution in [0.15, 0.2) is 81.7 Å². The van der Waals surface area contributed by atoms with Crippen LogP contribution in [0.4, 0.5) is 0 Å². The molecule has 0 aliphatic heterocycles. The highest BCUT2D eigenvalue weighted by Crippen LogP contribution is 2.25. The Morgan fingerprint density at radius 3 is 2.74 bits per heavy atom. The van der Waals surface area contributed by atoms with Crippen LogP contribution in [0.1, 0.15) is 32.5 Å². The molecule has 0 aromatic carbocycles. The molecule has 0 fully saturated rings. The molecule has 2 aliphatic carbocycles. The number of hydrogen-bond donors (Lipinski definition) is 1. The fourth-order valence-corrected chi connectivity index (χ4v) is 3.67. The van der Waals surface area contributed by atoms with Crippen LogP contribution in [0.5, 0.6) is 0 Å². The van der Waals surface area contributed by atoms with Crippen LogP contribution >= 0.6 is 11.8 Å². The highest BCUT2D eigenvalue weighted by molar-refractivity contribution is 7.99. The van der Waals surface area contributed by atoms with Crippen molar-refractivity contribution >= 4 is 35.3 Å². The van der Waals surface area contributed by atoms with E-state index >= 15 is 0 Å². The maximum absolute atomic E-state index is 12.3. The van der Waals surface area contributed by atoms with Gasteiger partial charge in [-0.15, -0.1) is 15.3 Å². The van der Waals surface area contributed by atoms with Crippen molar-refractivity contribution in [1.29, 1.82) is 0 Å². The first-order valence-electron chi connectivity index (χ1n) is 10.1. The maximum atomic E-state index is 12.3. The molecule has 0 bridgehead atoms. The molecule has 3 rings (SSSR count). The lowest BCUT2D eigenvalue weighted by Crippen LogP contribution is -2.29. The molecule has 1 heterocycles. The number of hydrogen-bond acceptors (Lipinski definition) is 6. The molecule has 1 aromatic rings. The number of thioether (sulfide) groups is 1. The summed E-state index contributed by atoms with van der Waals surface area (Å²) in [4.78, 5) is 12.3. The van der Waals surface area contributed by atoms with Crippen molar-refractivity contribution in [3.8, 4) is 0 Å². The molecule has 1 amide bonds. The molecular weight excluding hydrogens is 408 g/mol. The number of amides is 1. The zero-order chi connectivity index (χ0) is 21.9. The van der Waals surface area contributed by atoms with E-state index in [1.54, 1.807) is 20.1 Å². The van der Waals surface area contributed by atoms with Crippen molar-refractivity contribution in [3.63, 3.8) is 0 Å². The summed E-state index contributed by atoms with van der Waals surface area (Å²) in [6.45, 7) is 4.09. The van der Waals surface area contributed by atoms with E-state index in [1.165, 1.54) is 11.8 Å². The standard InChI is InChI=1S/C23H26N6OS/c1-3-24-26-18(2)25-21(30)17-31-23-28-27-22(20-14-10-6-7-11-15-20)29(23)16-19-12-8-4-5-9-13-19/h3-4,6,8-15H,5,7,16-17H2,1-2H3,(H,25,26,30). The van der Waals surface area contributed by atoms with Gasteiger partial charge in [0.05, 0.1) is 12.3 Å². The fraction of sp³-hybridized carbons (Fsp3) is 0.261. The first-order valence-corrected chi connectivity index (χ1v) is 11.1. The van der Waals surface area contributed by atoms with Gasteiger partial charge >= 0.3 is 0 Å². The molecule has 2 aliphatic rings. The largest absolute Gasteiger partial charge is 0.312 e. The molecular formula is C23H26N6OS. The van der Waals surface area contributed by atoms with Crippen molar-refractivity contribution in [2.24, 2.45) is 10.2 Å². The van der Waals surface area contributed by atoms with Crippen LogP contribution in [-0.4, -0.2) is 38.5 Å². The Kier molecular flexibility index (Phi) is 8.54. The second-order valence-corrected chi connectivity index (χ2v) is 7.73. The van der Waals surface area contributed by atoms with Gasteiger partial charge in [0.1, 0.15) is 5.84 Å². The number of aromatic nitrogens is 3. The predicted octanol–water partition coefficient (Wildman–Crippen LogP) is 4.25. The number of rotatable bonds is 7. The Hall–Kier alpha value is -3.26. The summed E-state index contributed by atoms with van der Waals surface area (Å²) in [6.07, 6.45) is 24.2. The Balaban J connectivity index is 1.81. The van der Waals surface area contributed by atoms with Gasteiger partial charge in [0.2, 0.25) is 5.91 Å². The van der Waals surface area contributed by atoms with Crippen LogP contribution in [0.2, 0.25) is 0 Å². The van der Waals surface area contributed by atoms with Crippen LogP contribution in [0.25, 0.3) is 5.57 Å². The second kappa shape index (κ2) is 11.8. The SMILES string of the molecule is CC=NN=C(C)NC(=O)CSc1nnc(C2=CC=CCC=C2)n1CC1=CC=CCC=C1. The van der Waals surface area contributed by atoms with Crippen molar-refractivity contribution in [2.75, 3.05) is 5.75 Å². The predicted molar refractivity (Wildman–Crippen MR) is 128 cm³/mol. The zero-order valence-corrected chi connectivity index (χ0v) is 18.5. The molecule has 1 N–H and O–H groups in total. The third-order valence-corrected chi connectivity index (χ3v) is 5.29. The van der Waals surface area contributed by atoms with Crippen molar-refractivity contribution in [3.05, 3.63) is 72.2 Å². The van der Waals surface area contributed by atoms with Gasteiger partial charge < -0.3 is 5.32 Å². The maximum Gasteiger partial charge on any atom is 0.235 e. The average molecular weight is 435 g/mol. The van der Waals surface area contributed by atoms with E-state index in [9.17, 15) is 4.79 Å². The minimum absolute atomic E-state index is 0.165. The van der Waals surface area contributed by atoms with Gasteiger partial charge in [-0.2, -0.15) is 5.10 Å². The second-order valence-electron chi connectivity index (χ2n) is 6.78. The van der Waals surface area contributed by atoms with Crippen LogP contribution in [-0.2, 0) is 11.3 Å². The summed E-state index contributed by atoms with van der Waals surface area (Å²) in [5.41, 5.74) is 2.14. The third kappa shape index (κ3) is 6.89. The van der Waals surface area contributed by atoms with E-state index in [0.717, 1.165) is 29.8 Å². The number of nitrogens with zero attached hydrogens (tertiary/aromatic N) is 5. The van der Waals surface area contributed by atoms with Gasteiger partial charge in [0.15, 0.2) is 11.0 Å². The lowest BCUT2D eigenvalue weighted by atomic mass is 10.2. The summed E-state index contributed by atoms with van der Waals surface area (Å²) in [7, 11) is 0. The van der Waals surface area contributed by atoms with E-state index in [2.05, 4.69) is 78.9 Å². The van der Waals surface area contributed by atoms with Crippen LogP contribution in [0.3, 0.4) is 0 Å². The highest BCUT2D eigenvalue weighted by Gasteiger charge is 2.17. The first-order chi connectivity index (χ1) is 15.2. The molecule has 7 nitrogen and oxygen atoms in total. The summed E-state index contributed by atoms with van der Waals surface area (Å²) >= 11 is 1.35. The Morgan fingerprint density at radius 1 is 1.16 bits per heavy atom. The van der Waals surface area contributed by atoms with Gasteiger partial charge in [0, 0.05) is 11.8 Å². The molecule has 0 saturated heterocycles. The Morgan fingerprint density at radius 2 is 1.94 bits per heavy atom. The van der Waals surface area contributed by atoms with Gasteiger partial charge in [-0.05, 0) is 32.3 Å². The molecule has 8 heteroatoms. The van der Waals surface area contributed by atoms with E-state index in [4.69, 9.17) is 0 Å². The number of carbonyl (C=O) groups is 1. The summed E-state index contributed by atoms with van der Waals surface area (Å²) < 4.78 is 2.06. The van der Waals surface area contributed by atoms with Crippen LogP contribution in [0, 0.1) is 0 Å². The van der Waals surface area contributed by atoms with Gasteiger partial charge in [-0.3, -0.25) is 9.36 Å². The molecule has 0 saturated carbocycles. The van der Waals surface area contributed by atoms with E-state index in [-0.39, 0.29) is 11.7 Å². The summed E-state index contributed by atoms with van der Waals surface area (Å²) in [5, 5.41) is 19.9.